The summed E-state index contributed by atoms with van der Waals surface area (Å²) in [6.45, 7) is 16.1. The van der Waals surface area contributed by atoms with E-state index in [1.54, 1.807) is 0 Å². The number of carbonyl (C=O) groups is 1. The van der Waals surface area contributed by atoms with Crippen LogP contribution in [0, 0.1) is 0 Å². The smallest absolute Gasteiger partial charge is 0.242 e. The summed E-state index contributed by atoms with van der Waals surface area (Å²) < 4.78 is 0. The molecule has 0 fully saturated rings. The topological polar surface area (TPSA) is 29.5 Å². The van der Waals surface area contributed by atoms with Gasteiger partial charge >= 0.3 is 0 Å². The van der Waals surface area contributed by atoms with E-state index in [1.165, 1.54) is 16.2 Å². The number of hydrogen-bond donors (Lipinski definition) is 0. The van der Waals surface area contributed by atoms with Crippen LogP contribution in [0.15, 0.2) is 18.2 Å². The lowest BCUT2D eigenvalue weighted by Gasteiger charge is -2.31. The molecule has 1 aromatic carbocycles. The van der Waals surface area contributed by atoms with Crippen LogP contribution in [-0.4, -0.2) is 18.0 Å². The van der Waals surface area contributed by atoms with Crippen LogP contribution in [0.4, 0.5) is 0 Å². The maximum atomic E-state index is 11.3. The molecule has 0 aromatic heterocycles. The summed E-state index contributed by atoms with van der Waals surface area (Å²) in [7, 11) is 0. The molecule has 3 nitrogen and oxygen atoms in total. The highest BCUT2D eigenvalue weighted by Crippen LogP contribution is 2.38. The minimum absolute atomic E-state index is 0.00548. The van der Waals surface area contributed by atoms with Crippen molar-refractivity contribution in [3.63, 3.8) is 0 Å². The van der Waals surface area contributed by atoms with E-state index in [1.807, 2.05) is 6.07 Å². The second kappa shape index (κ2) is 8.55. The summed E-state index contributed by atoms with van der Waals surface area (Å²) in [5, 5.41) is 1.42. The summed E-state index contributed by atoms with van der Waals surface area (Å²) >= 11 is 0. The highest BCUT2D eigenvalue weighted by Gasteiger charge is 2.27. The van der Waals surface area contributed by atoms with Gasteiger partial charge in [-0.15, -0.1) is 0 Å². The van der Waals surface area contributed by atoms with Crippen molar-refractivity contribution in [2.24, 2.45) is 0 Å². The van der Waals surface area contributed by atoms with E-state index in [2.05, 4.69) is 60.6 Å². The SMILES string of the molecule is CCCCN(C=O)Oc1ccc(C(C)(C)CC)cc1C(C)(C)CC. The Labute approximate surface area is 148 Å². The first kappa shape index (κ1) is 20.5. The van der Waals surface area contributed by atoms with Crippen molar-refractivity contribution in [1.29, 1.82) is 0 Å². The maximum Gasteiger partial charge on any atom is 0.242 e. The van der Waals surface area contributed by atoms with Gasteiger partial charge < -0.3 is 4.84 Å². The molecule has 1 aromatic rings. The van der Waals surface area contributed by atoms with Crippen molar-refractivity contribution in [3.05, 3.63) is 29.3 Å². The Morgan fingerprint density at radius 3 is 2.17 bits per heavy atom. The van der Waals surface area contributed by atoms with Crippen molar-refractivity contribution < 1.29 is 9.63 Å². The van der Waals surface area contributed by atoms with Gasteiger partial charge in [0.15, 0.2) is 5.75 Å². The first-order valence-electron chi connectivity index (χ1n) is 9.26. The molecule has 0 N–H and O–H groups in total. The summed E-state index contributed by atoms with van der Waals surface area (Å²) in [6.07, 6.45) is 4.84. The zero-order valence-electron chi connectivity index (χ0n) is 16.6. The molecular formula is C21H35NO2. The molecule has 0 radical (unpaired) electrons. The van der Waals surface area contributed by atoms with Gasteiger partial charge in [-0.2, -0.15) is 5.06 Å². The van der Waals surface area contributed by atoms with Gasteiger partial charge in [0.25, 0.3) is 0 Å². The molecule has 24 heavy (non-hydrogen) atoms. The minimum Gasteiger partial charge on any atom is -0.377 e. The lowest BCUT2D eigenvalue weighted by molar-refractivity contribution is -0.142. The first-order chi connectivity index (χ1) is 11.2. The monoisotopic (exact) mass is 333 g/mol. The molecule has 0 heterocycles. The quantitative estimate of drug-likeness (QED) is 0.411. The zero-order chi connectivity index (χ0) is 18.4. The van der Waals surface area contributed by atoms with Crippen LogP contribution in [0.2, 0.25) is 0 Å². The van der Waals surface area contributed by atoms with E-state index in [0.29, 0.717) is 6.54 Å². The fourth-order valence-corrected chi connectivity index (χ4v) is 2.51. The Kier molecular flexibility index (Phi) is 7.31. The van der Waals surface area contributed by atoms with Crippen molar-refractivity contribution in [2.45, 2.75) is 85.0 Å². The van der Waals surface area contributed by atoms with Crippen LogP contribution in [0.25, 0.3) is 0 Å². The van der Waals surface area contributed by atoms with Gasteiger partial charge in [0, 0.05) is 5.56 Å². The van der Waals surface area contributed by atoms with Gasteiger partial charge in [-0.1, -0.05) is 67.0 Å². The Morgan fingerprint density at radius 1 is 1.04 bits per heavy atom. The average Bonchev–Trinajstić information content (AvgIpc) is 2.58. The van der Waals surface area contributed by atoms with Gasteiger partial charge in [-0.3, -0.25) is 4.79 Å². The molecule has 3 heteroatoms. The molecule has 0 saturated heterocycles. The van der Waals surface area contributed by atoms with E-state index in [4.69, 9.17) is 4.84 Å². The molecule has 0 unspecified atom stereocenters. The normalized spacial score (nSPS) is 12.1. The lowest BCUT2D eigenvalue weighted by atomic mass is 9.76. The Balaban J connectivity index is 3.26. The van der Waals surface area contributed by atoms with Crippen LogP contribution in [-0.2, 0) is 15.6 Å². The van der Waals surface area contributed by atoms with E-state index in [9.17, 15) is 4.79 Å². The molecule has 1 rings (SSSR count). The van der Waals surface area contributed by atoms with Crippen molar-refractivity contribution in [1.82, 2.24) is 5.06 Å². The number of unbranched alkanes of at least 4 members (excludes halogenated alkanes) is 1. The number of amides is 1. The average molecular weight is 334 g/mol. The standard InChI is InChI=1S/C21H35NO2/c1-8-11-14-22(16-23)24-19-13-12-17(20(4,5)9-2)15-18(19)21(6,7)10-3/h12-13,15-16H,8-11,14H2,1-7H3. The third-order valence-electron chi connectivity index (χ3n) is 5.32. The number of carbonyl (C=O) groups excluding carboxylic acids is 1. The molecule has 0 saturated carbocycles. The maximum absolute atomic E-state index is 11.3. The number of nitrogens with zero attached hydrogens (tertiary/aromatic N) is 1. The zero-order valence-corrected chi connectivity index (χ0v) is 16.6. The summed E-state index contributed by atoms with van der Waals surface area (Å²) in [5.74, 6) is 0.792. The molecule has 0 bridgehead atoms. The Morgan fingerprint density at radius 2 is 1.67 bits per heavy atom. The Bertz CT molecular complexity index is 535. The third kappa shape index (κ3) is 4.99. The van der Waals surface area contributed by atoms with Crippen LogP contribution in [0.1, 0.15) is 85.3 Å². The number of benzene rings is 1. The predicted molar refractivity (Wildman–Crippen MR) is 101 cm³/mol. The van der Waals surface area contributed by atoms with Gasteiger partial charge in [0.2, 0.25) is 6.41 Å². The Hall–Kier alpha value is -1.51. The van der Waals surface area contributed by atoms with Gasteiger partial charge in [0.1, 0.15) is 0 Å². The van der Waals surface area contributed by atoms with Gasteiger partial charge in [0.05, 0.1) is 6.54 Å². The summed E-state index contributed by atoms with van der Waals surface area (Å²) in [6, 6.07) is 6.43. The van der Waals surface area contributed by atoms with Crippen molar-refractivity contribution in [3.8, 4) is 5.75 Å². The van der Waals surface area contributed by atoms with E-state index in [0.717, 1.165) is 37.8 Å². The van der Waals surface area contributed by atoms with E-state index >= 15 is 0 Å². The minimum atomic E-state index is -0.00548. The second-order valence-corrected chi connectivity index (χ2v) is 7.88. The third-order valence-corrected chi connectivity index (χ3v) is 5.32. The van der Waals surface area contributed by atoms with E-state index in [-0.39, 0.29) is 10.8 Å². The van der Waals surface area contributed by atoms with Crippen LogP contribution < -0.4 is 4.84 Å². The fraction of sp³-hybridized carbons (Fsp3) is 0.667. The molecule has 0 aliphatic rings. The van der Waals surface area contributed by atoms with Gasteiger partial charge in [-0.05, 0) is 41.7 Å². The highest BCUT2D eigenvalue weighted by molar-refractivity contribution is 5.48. The molecule has 0 aliphatic heterocycles. The van der Waals surface area contributed by atoms with Gasteiger partial charge in [-0.25, -0.2) is 0 Å². The molecule has 1 amide bonds. The number of hydrogen-bond acceptors (Lipinski definition) is 2. The molecular weight excluding hydrogens is 298 g/mol. The van der Waals surface area contributed by atoms with Crippen LogP contribution in [0.3, 0.4) is 0 Å². The lowest BCUT2D eigenvalue weighted by Crippen LogP contribution is -2.29. The molecule has 0 spiro atoms. The molecule has 0 atom stereocenters. The summed E-state index contributed by atoms with van der Waals surface area (Å²) in [5.41, 5.74) is 2.62. The van der Waals surface area contributed by atoms with E-state index < -0.39 is 0 Å². The van der Waals surface area contributed by atoms with Crippen LogP contribution >= 0.6 is 0 Å². The number of rotatable bonds is 10. The second-order valence-electron chi connectivity index (χ2n) is 7.88. The number of hydroxylamine groups is 2. The largest absolute Gasteiger partial charge is 0.377 e. The van der Waals surface area contributed by atoms with Crippen molar-refractivity contribution in [2.75, 3.05) is 6.54 Å². The van der Waals surface area contributed by atoms with Crippen LogP contribution in [0.5, 0.6) is 5.75 Å². The molecule has 0 aliphatic carbocycles. The predicted octanol–water partition coefficient (Wildman–Crippen LogP) is 5.61. The first-order valence-corrected chi connectivity index (χ1v) is 9.26. The molecule has 136 valence electrons. The highest BCUT2D eigenvalue weighted by atomic mass is 16.7. The van der Waals surface area contributed by atoms with Crippen molar-refractivity contribution >= 4 is 6.41 Å². The summed E-state index contributed by atoms with van der Waals surface area (Å²) in [4.78, 5) is 17.3. The fourth-order valence-electron chi connectivity index (χ4n) is 2.51.